The largest absolute Gasteiger partial charge is 0.369 e. The molecule has 0 spiro atoms. The molecule has 30 heavy (non-hydrogen) atoms. The van der Waals surface area contributed by atoms with Crippen molar-refractivity contribution in [3.63, 3.8) is 0 Å². The number of amides is 2. The number of nitriles is 1. The first kappa shape index (κ1) is 19.2. The van der Waals surface area contributed by atoms with Crippen LogP contribution in [-0.2, 0) is 4.79 Å². The van der Waals surface area contributed by atoms with E-state index in [1.54, 1.807) is 49.6 Å². The van der Waals surface area contributed by atoms with Gasteiger partial charge < -0.3 is 15.7 Å². The average molecular weight is 399 g/mol. The van der Waals surface area contributed by atoms with Gasteiger partial charge in [0, 0.05) is 37.3 Å². The number of nitrogens with zero attached hydrogens (tertiary/aromatic N) is 4. The second-order valence-electron chi connectivity index (χ2n) is 7.10. The molecule has 0 radical (unpaired) electrons. The summed E-state index contributed by atoms with van der Waals surface area (Å²) in [6.45, 7) is 0.446. The number of rotatable bonds is 2. The molecule has 8 heteroatoms. The number of pyridine rings is 1. The summed E-state index contributed by atoms with van der Waals surface area (Å²) in [5, 5.41) is 19.7. The van der Waals surface area contributed by atoms with Crippen LogP contribution in [-0.4, -0.2) is 50.4 Å². The number of nitrogens with two attached hydrogens (primary N) is 1. The highest BCUT2D eigenvalue weighted by Crippen LogP contribution is 2.27. The number of fused-ring (bicyclic) bond motifs is 1. The minimum absolute atomic E-state index is 0.0508. The van der Waals surface area contributed by atoms with Crippen molar-refractivity contribution in [3.8, 4) is 29.2 Å². The van der Waals surface area contributed by atoms with Crippen LogP contribution in [0.15, 0.2) is 42.6 Å². The molecule has 1 atom stereocenters. The first-order chi connectivity index (χ1) is 14.3. The summed E-state index contributed by atoms with van der Waals surface area (Å²) in [6.07, 6.45) is 1.82. The first-order valence-corrected chi connectivity index (χ1v) is 9.16. The Bertz CT molecular complexity index is 1310. The molecule has 0 bridgehead atoms. The number of likely N-dealkylation sites (N-methyl/N-ethyl adjacent to an activating group) is 1. The molecule has 148 valence electrons. The normalized spacial score (nSPS) is 18.2. The van der Waals surface area contributed by atoms with Gasteiger partial charge in [-0.05, 0) is 24.3 Å². The van der Waals surface area contributed by atoms with Gasteiger partial charge in [0.25, 0.3) is 11.8 Å². The Labute approximate surface area is 172 Å². The highest BCUT2D eigenvalue weighted by Gasteiger charge is 2.42. The van der Waals surface area contributed by atoms with Gasteiger partial charge in [-0.3, -0.25) is 14.0 Å². The maximum absolute atomic E-state index is 12.1. The molecule has 1 unspecified atom stereocenters. The molecule has 2 aromatic heterocycles. The quantitative estimate of drug-likeness (QED) is 0.620. The number of carbonyl (C=O) groups is 2. The molecule has 1 aliphatic heterocycles. The van der Waals surface area contributed by atoms with Crippen LogP contribution < -0.4 is 5.73 Å². The van der Waals surface area contributed by atoms with Crippen LogP contribution in [0.5, 0.6) is 0 Å². The molecule has 0 aliphatic carbocycles. The van der Waals surface area contributed by atoms with Gasteiger partial charge >= 0.3 is 0 Å². The Morgan fingerprint density at radius 1 is 1.30 bits per heavy atom. The Kier molecular flexibility index (Phi) is 4.50. The number of primary amides is 1. The van der Waals surface area contributed by atoms with Gasteiger partial charge in [0.15, 0.2) is 0 Å². The van der Waals surface area contributed by atoms with E-state index in [1.165, 1.54) is 9.30 Å². The third-order valence-electron chi connectivity index (χ3n) is 5.05. The number of imidazole rings is 1. The van der Waals surface area contributed by atoms with Gasteiger partial charge in [0.2, 0.25) is 11.4 Å². The third kappa shape index (κ3) is 3.16. The minimum atomic E-state index is -1.69. The number of carbonyl (C=O) groups excluding carboxylic acids is 2. The lowest BCUT2D eigenvalue weighted by Crippen LogP contribution is -2.37. The van der Waals surface area contributed by atoms with Gasteiger partial charge in [-0.1, -0.05) is 24.0 Å². The Balaban J connectivity index is 1.80. The number of likely N-dealkylation sites (tertiary alicyclic amines) is 1. The number of aromatic nitrogens is 2. The number of hydrogen-bond donors (Lipinski definition) is 2. The van der Waals surface area contributed by atoms with Crippen LogP contribution in [0, 0.1) is 23.2 Å². The predicted octanol–water partition coefficient (Wildman–Crippen LogP) is 0.917. The summed E-state index contributed by atoms with van der Waals surface area (Å²) < 4.78 is 1.53. The molecule has 8 nitrogen and oxygen atoms in total. The maximum atomic E-state index is 12.1. The van der Waals surface area contributed by atoms with Crippen LogP contribution in [0.1, 0.15) is 28.2 Å². The fourth-order valence-electron chi connectivity index (χ4n) is 3.43. The van der Waals surface area contributed by atoms with Crippen LogP contribution in [0.3, 0.4) is 0 Å². The highest BCUT2D eigenvalue weighted by molar-refractivity contribution is 5.94. The minimum Gasteiger partial charge on any atom is -0.369 e. The van der Waals surface area contributed by atoms with Crippen LogP contribution in [0.4, 0.5) is 0 Å². The molecule has 0 saturated carbocycles. The molecular formula is C22H17N5O3. The zero-order chi connectivity index (χ0) is 21.5. The van der Waals surface area contributed by atoms with Crippen molar-refractivity contribution in [1.82, 2.24) is 14.3 Å². The summed E-state index contributed by atoms with van der Waals surface area (Å²) in [4.78, 5) is 29.7. The summed E-state index contributed by atoms with van der Waals surface area (Å²) in [6, 6.07) is 12.3. The van der Waals surface area contributed by atoms with Gasteiger partial charge in [-0.2, -0.15) is 5.26 Å². The second kappa shape index (κ2) is 7.03. The molecule has 3 N–H and O–H groups in total. The van der Waals surface area contributed by atoms with E-state index in [9.17, 15) is 20.0 Å². The Morgan fingerprint density at radius 3 is 2.77 bits per heavy atom. The van der Waals surface area contributed by atoms with Crippen molar-refractivity contribution in [1.29, 1.82) is 5.26 Å². The van der Waals surface area contributed by atoms with Crippen LogP contribution >= 0.6 is 0 Å². The van der Waals surface area contributed by atoms with E-state index < -0.39 is 17.4 Å². The molecule has 1 saturated heterocycles. The highest BCUT2D eigenvalue weighted by atomic mass is 16.3. The lowest BCUT2D eigenvalue weighted by molar-refractivity contribution is -0.137. The zero-order valence-electron chi connectivity index (χ0n) is 16.1. The van der Waals surface area contributed by atoms with Gasteiger partial charge in [-0.25, -0.2) is 4.98 Å². The lowest BCUT2D eigenvalue weighted by atomic mass is 10.0. The van der Waals surface area contributed by atoms with E-state index >= 15 is 0 Å². The second-order valence-corrected chi connectivity index (χ2v) is 7.10. The monoisotopic (exact) mass is 399 g/mol. The molecule has 1 fully saturated rings. The fourth-order valence-corrected chi connectivity index (χ4v) is 3.43. The molecule has 3 aromatic rings. The lowest BCUT2D eigenvalue weighted by Gasteiger charge is -2.13. The average Bonchev–Trinajstić information content (AvgIpc) is 3.26. The predicted molar refractivity (Wildman–Crippen MR) is 108 cm³/mol. The molecule has 1 aromatic carbocycles. The van der Waals surface area contributed by atoms with Crippen LogP contribution in [0.2, 0.25) is 0 Å². The number of aliphatic hydroxyl groups is 1. The maximum Gasteiger partial charge on any atom is 0.285 e. The van der Waals surface area contributed by atoms with Crippen LogP contribution in [0.25, 0.3) is 16.8 Å². The third-order valence-corrected chi connectivity index (χ3v) is 5.05. The van der Waals surface area contributed by atoms with E-state index in [2.05, 4.69) is 22.9 Å². The van der Waals surface area contributed by atoms with E-state index in [4.69, 9.17) is 5.73 Å². The van der Waals surface area contributed by atoms with Gasteiger partial charge in [-0.15, -0.1) is 0 Å². The fraction of sp³-hybridized carbons (Fsp3) is 0.182. The van der Waals surface area contributed by atoms with Gasteiger partial charge in [0.1, 0.15) is 0 Å². The SMILES string of the molecule is CN1CCC(O)(C#Cc2cccc(-c3nc(C(N)=O)n4ccc(C#N)cc34)c2)C1=O. The smallest absolute Gasteiger partial charge is 0.285 e. The molecule has 3 heterocycles. The first-order valence-electron chi connectivity index (χ1n) is 9.16. The van der Waals surface area contributed by atoms with E-state index in [0.29, 0.717) is 34.4 Å². The zero-order valence-corrected chi connectivity index (χ0v) is 16.1. The number of hydrogen-bond acceptors (Lipinski definition) is 5. The standard InChI is InChI=1S/C22H17N5O3/c1-26-10-8-22(30,21(26)29)7-5-14-3-2-4-16(11-14)18-17-12-15(13-23)6-9-27(17)20(25-18)19(24)28/h2-4,6,9,11-12,30H,8,10H2,1H3,(H2,24,28). The van der Waals surface area contributed by atoms with Crippen molar-refractivity contribution in [3.05, 3.63) is 59.5 Å². The summed E-state index contributed by atoms with van der Waals surface area (Å²) in [5.41, 5.74) is 6.44. The van der Waals surface area contributed by atoms with Crippen molar-refractivity contribution in [2.75, 3.05) is 13.6 Å². The van der Waals surface area contributed by atoms with Crippen molar-refractivity contribution in [2.45, 2.75) is 12.0 Å². The van der Waals surface area contributed by atoms with Crippen molar-refractivity contribution in [2.24, 2.45) is 5.73 Å². The van der Waals surface area contributed by atoms with E-state index in [0.717, 1.165) is 0 Å². The summed E-state index contributed by atoms with van der Waals surface area (Å²) >= 11 is 0. The van der Waals surface area contributed by atoms with E-state index in [-0.39, 0.29) is 12.2 Å². The Morgan fingerprint density at radius 2 is 2.10 bits per heavy atom. The Hall–Kier alpha value is -4.14. The van der Waals surface area contributed by atoms with E-state index in [1.807, 2.05) is 0 Å². The van der Waals surface area contributed by atoms with Crippen molar-refractivity contribution < 1.29 is 14.7 Å². The molecule has 2 amide bonds. The summed E-state index contributed by atoms with van der Waals surface area (Å²) in [5.74, 6) is 4.49. The molecule has 4 rings (SSSR count). The molecule has 1 aliphatic rings. The number of benzene rings is 1. The topological polar surface area (TPSA) is 125 Å². The molecular weight excluding hydrogens is 382 g/mol. The van der Waals surface area contributed by atoms with Crippen molar-refractivity contribution >= 4 is 17.3 Å². The van der Waals surface area contributed by atoms with Gasteiger partial charge in [0.05, 0.1) is 22.8 Å². The summed E-state index contributed by atoms with van der Waals surface area (Å²) in [7, 11) is 1.62.